The summed E-state index contributed by atoms with van der Waals surface area (Å²) in [4.78, 5) is 0. The molecule has 0 spiro atoms. The monoisotopic (exact) mass is 224 g/mol. The number of hydrogen-bond acceptors (Lipinski definition) is 0. The smallest absolute Gasteiger partial charge is 0.240 e. The molecule has 0 aromatic heterocycles. The fourth-order valence-electron chi connectivity index (χ4n) is 0.924. The molecule has 0 amide bonds. The summed E-state index contributed by atoms with van der Waals surface area (Å²) in [7, 11) is 0. The van der Waals surface area contributed by atoms with Crippen molar-refractivity contribution < 1.29 is 17.1 Å². The van der Waals surface area contributed by atoms with Gasteiger partial charge in [-0.3, -0.25) is 0 Å². The second-order valence-electron chi connectivity index (χ2n) is 2.53. The number of rotatable bonds is 1. The Morgan fingerprint density at radius 3 is 2.00 bits per heavy atom. The molecule has 2 aromatic rings. The third-order valence-electron chi connectivity index (χ3n) is 1.51. The Kier molecular flexibility index (Phi) is 7.59. The van der Waals surface area contributed by atoms with Crippen molar-refractivity contribution in [3.05, 3.63) is 72.5 Å². The average molecular weight is 224 g/mol. The molecule has 0 atom stereocenters. The van der Waals surface area contributed by atoms with Crippen LogP contribution in [0.15, 0.2) is 66.9 Å². The van der Waals surface area contributed by atoms with Gasteiger partial charge in [0.15, 0.2) is 0 Å². The van der Waals surface area contributed by atoms with Crippen LogP contribution in [0.4, 0.5) is 0 Å². The first-order valence-corrected chi connectivity index (χ1v) is 4.17. The van der Waals surface area contributed by atoms with E-state index in [1.165, 1.54) is 5.56 Å². The number of hydrogen-bond donors (Lipinski definition) is 0. The van der Waals surface area contributed by atoms with Gasteiger partial charge < -0.3 is 0 Å². The first-order chi connectivity index (χ1) is 6.43. The summed E-state index contributed by atoms with van der Waals surface area (Å²) in [5, 5.41) is 0. The Morgan fingerprint density at radius 1 is 1.07 bits per heavy atom. The van der Waals surface area contributed by atoms with Gasteiger partial charge in [-0.05, 0) is 0 Å². The van der Waals surface area contributed by atoms with E-state index < -0.39 is 0 Å². The van der Waals surface area contributed by atoms with E-state index in [1.54, 1.807) is 0 Å². The minimum absolute atomic E-state index is 0. The molecule has 0 aliphatic rings. The Morgan fingerprint density at radius 2 is 1.64 bits per heavy atom. The molecule has 2 aromatic carbocycles. The van der Waals surface area contributed by atoms with E-state index in [9.17, 15) is 0 Å². The van der Waals surface area contributed by atoms with E-state index >= 15 is 0 Å². The van der Waals surface area contributed by atoms with Crippen molar-refractivity contribution in [1.29, 1.82) is 0 Å². The van der Waals surface area contributed by atoms with Crippen LogP contribution in [0.2, 0.25) is 0 Å². The molecule has 0 N–H and O–H groups in total. The Balaban J connectivity index is 0.000000246. The summed E-state index contributed by atoms with van der Waals surface area (Å²) in [5.74, 6) is 0. The molecule has 0 saturated heterocycles. The quantitative estimate of drug-likeness (QED) is 0.394. The standard InChI is InChI=1S/C8H7.C5H5.Fe/c1-2-5-8-6-3-4-7-8;1-2-4-5-3-1;/h3-7H,1H2;1-5H;/q2*-1;+2. The van der Waals surface area contributed by atoms with Gasteiger partial charge in [-0.15, -0.1) is 30.4 Å². The maximum absolute atomic E-state index is 3.46. The fraction of sp³-hybridized carbons (Fsp3) is 0. The summed E-state index contributed by atoms with van der Waals surface area (Å²) < 4.78 is 0. The van der Waals surface area contributed by atoms with E-state index in [4.69, 9.17) is 0 Å². The molecular formula is C13H12Fe. The van der Waals surface area contributed by atoms with Crippen molar-refractivity contribution in [1.82, 2.24) is 0 Å². The van der Waals surface area contributed by atoms with Crippen LogP contribution in [0.5, 0.6) is 0 Å². The van der Waals surface area contributed by atoms with E-state index in [1.807, 2.05) is 60.7 Å². The third kappa shape index (κ3) is 5.40. The van der Waals surface area contributed by atoms with Gasteiger partial charge in [-0.1, -0.05) is 0 Å². The van der Waals surface area contributed by atoms with E-state index in [0.717, 1.165) is 0 Å². The molecule has 0 heterocycles. The first kappa shape index (κ1) is 12.7. The molecule has 2 rings (SSSR count). The van der Waals surface area contributed by atoms with Gasteiger partial charge in [-0.2, -0.15) is 30.3 Å². The van der Waals surface area contributed by atoms with Crippen molar-refractivity contribution in [2.75, 3.05) is 0 Å². The van der Waals surface area contributed by atoms with Crippen molar-refractivity contribution in [3.63, 3.8) is 0 Å². The van der Waals surface area contributed by atoms with Crippen molar-refractivity contribution in [2.45, 2.75) is 0 Å². The molecule has 0 aliphatic heterocycles. The third-order valence-corrected chi connectivity index (χ3v) is 1.51. The summed E-state index contributed by atoms with van der Waals surface area (Å²) in [6.07, 6.45) is 1.85. The summed E-state index contributed by atoms with van der Waals surface area (Å²) in [6, 6.07) is 18.0. The van der Waals surface area contributed by atoms with E-state index in [2.05, 4.69) is 12.3 Å². The van der Waals surface area contributed by atoms with Gasteiger partial charge in [-0.25, -0.2) is 17.9 Å². The molecule has 0 fully saturated rings. The molecule has 72 valence electrons. The molecule has 0 nitrogen and oxygen atoms in total. The van der Waals surface area contributed by atoms with Crippen LogP contribution >= 0.6 is 0 Å². The van der Waals surface area contributed by atoms with E-state index in [0.29, 0.717) is 0 Å². The molecule has 1 heteroatoms. The van der Waals surface area contributed by atoms with Crippen LogP contribution in [0.3, 0.4) is 0 Å². The normalized spacial score (nSPS) is 7.43. The van der Waals surface area contributed by atoms with Gasteiger partial charge in [0, 0.05) is 0 Å². The molecule has 0 unspecified atom stereocenters. The summed E-state index contributed by atoms with van der Waals surface area (Å²) >= 11 is 0. The molecule has 0 saturated carbocycles. The molecule has 0 bridgehead atoms. The van der Waals surface area contributed by atoms with Gasteiger partial charge >= 0.3 is 17.1 Å². The largest absolute Gasteiger partial charge is 2.00 e. The maximum atomic E-state index is 3.46. The Hall–Kier alpha value is -1.26. The fourth-order valence-corrected chi connectivity index (χ4v) is 0.924. The van der Waals surface area contributed by atoms with Crippen molar-refractivity contribution in [2.24, 2.45) is 0 Å². The Bertz CT molecular complexity index is 317. The van der Waals surface area contributed by atoms with E-state index in [-0.39, 0.29) is 17.1 Å². The second kappa shape index (κ2) is 8.34. The maximum Gasteiger partial charge on any atom is 2.00 e. The van der Waals surface area contributed by atoms with Gasteiger partial charge in [0.05, 0.1) is 0 Å². The molecule has 14 heavy (non-hydrogen) atoms. The summed E-state index contributed by atoms with van der Waals surface area (Å²) in [6.45, 7) is 3.46. The van der Waals surface area contributed by atoms with Crippen molar-refractivity contribution in [3.8, 4) is 0 Å². The summed E-state index contributed by atoms with van der Waals surface area (Å²) in [5.41, 5.74) is 3.86. The second-order valence-corrected chi connectivity index (χ2v) is 2.53. The van der Waals surface area contributed by atoms with Crippen LogP contribution in [-0.4, -0.2) is 0 Å². The molecule has 0 aliphatic carbocycles. The van der Waals surface area contributed by atoms with Crippen LogP contribution in [0.1, 0.15) is 5.56 Å². The zero-order valence-corrected chi connectivity index (χ0v) is 8.94. The molecule has 0 radical (unpaired) electrons. The van der Waals surface area contributed by atoms with Gasteiger partial charge in [0.2, 0.25) is 0 Å². The minimum Gasteiger partial charge on any atom is -0.240 e. The van der Waals surface area contributed by atoms with Crippen LogP contribution in [-0.2, 0) is 17.1 Å². The zero-order chi connectivity index (χ0) is 9.36. The first-order valence-electron chi connectivity index (χ1n) is 4.17. The zero-order valence-electron chi connectivity index (χ0n) is 7.83. The predicted molar refractivity (Wildman–Crippen MR) is 57.7 cm³/mol. The van der Waals surface area contributed by atoms with Gasteiger partial charge in [0.25, 0.3) is 0 Å². The van der Waals surface area contributed by atoms with Crippen LogP contribution in [0, 0.1) is 0 Å². The topological polar surface area (TPSA) is 0 Å². The van der Waals surface area contributed by atoms with Crippen LogP contribution in [0.25, 0.3) is 6.08 Å². The predicted octanol–water partition coefficient (Wildman–Crippen LogP) is 3.61. The Labute approximate surface area is 95.8 Å². The van der Waals surface area contributed by atoms with Crippen molar-refractivity contribution >= 4 is 6.08 Å². The van der Waals surface area contributed by atoms with Gasteiger partial charge in [0.1, 0.15) is 0 Å². The van der Waals surface area contributed by atoms with Crippen LogP contribution < -0.4 is 0 Å². The SMILES string of the molecule is C=C=C[c-]1cccc1.[Fe+2].c1cc[cH-]c1. The average Bonchev–Trinajstić information content (AvgIpc) is 2.79. The molecular weight excluding hydrogens is 212 g/mol. The minimum atomic E-state index is 0.